The molecule has 0 radical (unpaired) electrons. The number of unbranched alkanes of at least 4 members (excludes halogenated alkanes) is 2. The second-order valence-corrected chi connectivity index (χ2v) is 6.78. The van der Waals surface area contributed by atoms with Gasteiger partial charge < -0.3 is 5.32 Å². The SMILES string of the molecule is CCCCCC(=O)Nc1sc2c(c1C#N)CC[C@@H](C)C2. The van der Waals surface area contributed by atoms with Crippen molar-refractivity contribution in [2.24, 2.45) is 5.92 Å². The molecule has 0 aromatic carbocycles. The number of hydrogen-bond acceptors (Lipinski definition) is 3. The third-order valence-electron chi connectivity index (χ3n) is 3.88. The summed E-state index contributed by atoms with van der Waals surface area (Å²) < 4.78 is 0. The van der Waals surface area contributed by atoms with Gasteiger partial charge in [0.2, 0.25) is 5.91 Å². The molecule has 0 aliphatic heterocycles. The van der Waals surface area contributed by atoms with E-state index in [1.165, 1.54) is 10.4 Å². The predicted molar refractivity (Wildman–Crippen MR) is 83.0 cm³/mol. The van der Waals surface area contributed by atoms with Gasteiger partial charge in [-0.1, -0.05) is 26.7 Å². The minimum atomic E-state index is 0.0431. The van der Waals surface area contributed by atoms with Crippen LogP contribution in [0.5, 0.6) is 0 Å². The summed E-state index contributed by atoms with van der Waals surface area (Å²) in [5.41, 5.74) is 1.89. The lowest BCUT2D eigenvalue weighted by molar-refractivity contribution is -0.116. The van der Waals surface area contributed by atoms with E-state index in [-0.39, 0.29) is 5.91 Å². The molecule has 1 aliphatic rings. The zero-order valence-corrected chi connectivity index (χ0v) is 13.1. The summed E-state index contributed by atoms with van der Waals surface area (Å²) in [4.78, 5) is 13.2. The zero-order chi connectivity index (χ0) is 14.5. The maximum atomic E-state index is 11.9. The summed E-state index contributed by atoms with van der Waals surface area (Å²) in [7, 11) is 0. The van der Waals surface area contributed by atoms with Crippen molar-refractivity contribution in [2.45, 2.75) is 58.8 Å². The molecule has 0 saturated carbocycles. The first-order valence-electron chi connectivity index (χ1n) is 7.50. The molecule has 0 spiro atoms. The second-order valence-electron chi connectivity index (χ2n) is 5.67. The normalized spacial score (nSPS) is 17.4. The Morgan fingerprint density at radius 2 is 2.30 bits per heavy atom. The Labute approximate surface area is 125 Å². The Morgan fingerprint density at radius 3 is 3.00 bits per heavy atom. The van der Waals surface area contributed by atoms with Crippen LogP contribution in [0.15, 0.2) is 0 Å². The molecular formula is C16H22N2OS. The van der Waals surface area contributed by atoms with E-state index in [0.29, 0.717) is 17.9 Å². The molecule has 0 fully saturated rings. The first-order chi connectivity index (χ1) is 9.65. The number of nitrogens with zero attached hydrogens (tertiary/aromatic N) is 1. The third-order valence-corrected chi connectivity index (χ3v) is 5.05. The Balaban J connectivity index is 2.09. The fourth-order valence-corrected chi connectivity index (χ4v) is 4.06. The molecule has 20 heavy (non-hydrogen) atoms. The highest BCUT2D eigenvalue weighted by molar-refractivity contribution is 7.16. The summed E-state index contributed by atoms with van der Waals surface area (Å²) >= 11 is 1.60. The largest absolute Gasteiger partial charge is 0.317 e. The average molecular weight is 290 g/mol. The maximum absolute atomic E-state index is 11.9. The van der Waals surface area contributed by atoms with Crippen molar-refractivity contribution >= 4 is 22.2 Å². The molecule has 1 aliphatic carbocycles. The molecule has 0 unspecified atom stereocenters. The van der Waals surface area contributed by atoms with Gasteiger partial charge >= 0.3 is 0 Å². The van der Waals surface area contributed by atoms with Crippen LogP contribution in [-0.4, -0.2) is 5.91 Å². The smallest absolute Gasteiger partial charge is 0.225 e. The van der Waals surface area contributed by atoms with Crippen LogP contribution in [0.2, 0.25) is 0 Å². The van der Waals surface area contributed by atoms with Crippen LogP contribution >= 0.6 is 11.3 Å². The Kier molecular flexibility index (Phi) is 5.19. The summed E-state index contributed by atoms with van der Waals surface area (Å²) in [6, 6.07) is 2.29. The topological polar surface area (TPSA) is 52.9 Å². The van der Waals surface area contributed by atoms with Crippen LogP contribution in [-0.2, 0) is 17.6 Å². The number of carbonyl (C=O) groups excluding carboxylic acids is 1. The van der Waals surface area contributed by atoms with Crippen molar-refractivity contribution in [3.63, 3.8) is 0 Å². The first-order valence-corrected chi connectivity index (χ1v) is 8.31. The van der Waals surface area contributed by atoms with Gasteiger partial charge in [-0.15, -0.1) is 11.3 Å². The number of nitriles is 1. The molecule has 1 amide bonds. The molecule has 0 saturated heterocycles. The maximum Gasteiger partial charge on any atom is 0.225 e. The molecule has 3 nitrogen and oxygen atoms in total. The minimum Gasteiger partial charge on any atom is -0.317 e. The lowest BCUT2D eigenvalue weighted by Gasteiger charge is -2.17. The fourth-order valence-electron chi connectivity index (χ4n) is 2.68. The zero-order valence-electron chi connectivity index (χ0n) is 12.3. The lowest BCUT2D eigenvalue weighted by atomic mass is 9.88. The van der Waals surface area contributed by atoms with E-state index in [1.807, 2.05) is 0 Å². The van der Waals surface area contributed by atoms with Crippen molar-refractivity contribution in [3.8, 4) is 6.07 Å². The van der Waals surface area contributed by atoms with Gasteiger partial charge in [0.05, 0.1) is 5.56 Å². The van der Waals surface area contributed by atoms with Crippen molar-refractivity contribution in [1.29, 1.82) is 5.26 Å². The first kappa shape index (κ1) is 15.1. The molecule has 0 bridgehead atoms. The number of carbonyl (C=O) groups is 1. The summed E-state index contributed by atoms with van der Waals surface area (Å²) in [5.74, 6) is 0.724. The van der Waals surface area contributed by atoms with Crippen molar-refractivity contribution in [1.82, 2.24) is 0 Å². The number of hydrogen-bond donors (Lipinski definition) is 1. The quantitative estimate of drug-likeness (QED) is 0.824. The van der Waals surface area contributed by atoms with Crippen molar-refractivity contribution in [2.75, 3.05) is 5.32 Å². The van der Waals surface area contributed by atoms with E-state index in [0.717, 1.165) is 43.5 Å². The van der Waals surface area contributed by atoms with Gasteiger partial charge in [0, 0.05) is 11.3 Å². The van der Waals surface area contributed by atoms with Crippen molar-refractivity contribution in [3.05, 3.63) is 16.0 Å². The van der Waals surface area contributed by atoms with E-state index in [1.54, 1.807) is 11.3 Å². The van der Waals surface area contributed by atoms with Crippen molar-refractivity contribution < 1.29 is 4.79 Å². The summed E-state index contributed by atoms with van der Waals surface area (Å²) in [6.07, 6.45) is 6.83. The lowest BCUT2D eigenvalue weighted by Crippen LogP contribution is -2.11. The Hall–Kier alpha value is -1.34. The third kappa shape index (κ3) is 3.40. The van der Waals surface area contributed by atoms with Crippen LogP contribution in [0.1, 0.15) is 62.0 Å². The van der Waals surface area contributed by atoms with E-state index in [2.05, 4.69) is 25.2 Å². The van der Waals surface area contributed by atoms with E-state index in [9.17, 15) is 10.1 Å². The van der Waals surface area contributed by atoms with Crippen LogP contribution in [0.25, 0.3) is 0 Å². The average Bonchev–Trinajstić information content (AvgIpc) is 2.75. The molecular weight excluding hydrogens is 268 g/mol. The highest BCUT2D eigenvalue weighted by atomic mass is 32.1. The number of rotatable bonds is 5. The molecule has 1 N–H and O–H groups in total. The van der Waals surface area contributed by atoms with E-state index < -0.39 is 0 Å². The van der Waals surface area contributed by atoms with Crippen LogP contribution in [0, 0.1) is 17.2 Å². The fraction of sp³-hybridized carbons (Fsp3) is 0.625. The molecule has 1 atom stereocenters. The molecule has 108 valence electrons. The van der Waals surface area contributed by atoms with E-state index in [4.69, 9.17) is 0 Å². The van der Waals surface area contributed by atoms with Crippen LogP contribution in [0.4, 0.5) is 5.00 Å². The van der Waals surface area contributed by atoms with Gasteiger partial charge in [-0.05, 0) is 37.2 Å². The van der Waals surface area contributed by atoms with Crippen LogP contribution < -0.4 is 5.32 Å². The highest BCUT2D eigenvalue weighted by Gasteiger charge is 2.24. The number of nitrogens with one attached hydrogen (secondary N) is 1. The highest BCUT2D eigenvalue weighted by Crippen LogP contribution is 2.39. The van der Waals surface area contributed by atoms with Crippen LogP contribution in [0.3, 0.4) is 0 Å². The molecule has 1 aromatic rings. The number of thiophene rings is 1. The van der Waals surface area contributed by atoms with Gasteiger partial charge in [-0.25, -0.2) is 0 Å². The van der Waals surface area contributed by atoms with E-state index >= 15 is 0 Å². The summed E-state index contributed by atoms with van der Waals surface area (Å²) in [5, 5.41) is 13.1. The standard InChI is InChI=1S/C16H22N2OS/c1-3-4-5-6-15(19)18-16-13(10-17)12-8-7-11(2)9-14(12)20-16/h11H,3-9H2,1-2H3,(H,18,19)/t11-/m1/s1. The molecule has 2 rings (SSSR count). The summed E-state index contributed by atoms with van der Waals surface area (Å²) in [6.45, 7) is 4.37. The Morgan fingerprint density at radius 1 is 1.50 bits per heavy atom. The number of anilines is 1. The van der Waals surface area contributed by atoms with Gasteiger partial charge in [-0.3, -0.25) is 4.79 Å². The monoisotopic (exact) mass is 290 g/mol. The minimum absolute atomic E-state index is 0.0431. The van der Waals surface area contributed by atoms with Gasteiger partial charge in [0.1, 0.15) is 11.1 Å². The van der Waals surface area contributed by atoms with Gasteiger partial charge in [-0.2, -0.15) is 5.26 Å². The van der Waals surface area contributed by atoms with Gasteiger partial charge in [0.25, 0.3) is 0 Å². The predicted octanol–water partition coefficient (Wildman–Crippen LogP) is 4.26. The Bertz CT molecular complexity index is 527. The second kappa shape index (κ2) is 6.90. The number of fused-ring (bicyclic) bond motifs is 1. The number of amides is 1. The van der Waals surface area contributed by atoms with Gasteiger partial charge in [0.15, 0.2) is 0 Å². The molecule has 4 heteroatoms. The molecule has 1 heterocycles. The molecule has 1 aromatic heterocycles.